The van der Waals surface area contributed by atoms with Crippen LogP contribution in [0.5, 0.6) is 5.75 Å². The number of carbonyl (C=O) groups is 1. The molecule has 6 nitrogen and oxygen atoms in total. The summed E-state index contributed by atoms with van der Waals surface area (Å²) in [6.07, 6.45) is 6.44. The lowest BCUT2D eigenvalue weighted by atomic mass is 9.80. The van der Waals surface area contributed by atoms with Crippen molar-refractivity contribution < 1.29 is 9.53 Å². The highest BCUT2D eigenvalue weighted by atomic mass is 16.5. The van der Waals surface area contributed by atoms with Crippen LogP contribution in [0.25, 0.3) is 0 Å². The molecule has 0 aliphatic carbocycles. The largest absolute Gasteiger partial charge is 0.487 e. The van der Waals surface area contributed by atoms with E-state index in [1.807, 2.05) is 54.6 Å². The predicted octanol–water partition coefficient (Wildman–Crippen LogP) is 3.70. The van der Waals surface area contributed by atoms with E-state index >= 15 is 0 Å². The molecule has 31 heavy (non-hydrogen) atoms. The number of carbonyl (C=O) groups excluding carboxylic acids is 1. The third-order valence-corrected chi connectivity index (χ3v) is 6.25. The standard InChI is InChI=1S/C25H26N4O2/c30-23(17-19-7-2-1-3-8-19)28-21-18-25(31-22-10-5-4-9-20(21)22)11-15-29(16-12-25)24-26-13-6-14-27-24/h1-10,13-14,21H,11-12,15-18H2,(H,28,30)/t21-/m0/s1. The van der Waals surface area contributed by atoms with Gasteiger partial charge in [0.05, 0.1) is 12.5 Å². The first-order chi connectivity index (χ1) is 15.2. The Hall–Kier alpha value is -3.41. The van der Waals surface area contributed by atoms with Gasteiger partial charge < -0.3 is 15.0 Å². The summed E-state index contributed by atoms with van der Waals surface area (Å²) < 4.78 is 6.56. The van der Waals surface area contributed by atoms with Crippen molar-refractivity contribution in [1.29, 1.82) is 0 Å². The van der Waals surface area contributed by atoms with Gasteiger partial charge in [-0.05, 0) is 17.7 Å². The molecule has 6 heteroatoms. The van der Waals surface area contributed by atoms with Crippen LogP contribution in [0.1, 0.15) is 36.4 Å². The maximum absolute atomic E-state index is 12.8. The van der Waals surface area contributed by atoms with Crippen molar-refractivity contribution in [3.8, 4) is 5.75 Å². The average molecular weight is 415 g/mol. The quantitative estimate of drug-likeness (QED) is 0.705. The molecule has 2 aliphatic heterocycles. The summed E-state index contributed by atoms with van der Waals surface area (Å²) in [5.41, 5.74) is 1.79. The van der Waals surface area contributed by atoms with Crippen LogP contribution in [0.4, 0.5) is 5.95 Å². The van der Waals surface area contributed by atoms with Crippen molar-refractivity contribution in [1.82, 2.24) is 15.3 Å². The smallest absolute Gasteiger partial charge is 0.225 e. The van der Waals surface area contributed by atoms with Gasteiger partial charge in [0.1, 0.15) is 11.4 Å². The van der Waals surface area contributed by atoms with Gasteiger partial charge in [0.25, 0.3) is 0 Å². The number of para-hydroxylation sites is 1. The Kier molecular flexibility index (Phi) is 5.28. The first-order valence-electron chi connectivity index (χ1n) is 10.8. The third-order valence-electron chi connectivity index (χ3n) is 6.25. The first-order valence-corrected chi connectivity index (χ1v) is 10.8. The third kappa shape index (κ3) is 4.24. The lowest BCUT2D eigenvalue weighted by Crippen LogP contribution is -2.52. The van der Waals surface area contributed by atoms with E-state index in [0.717, 1.165) is 55.2 Å². The number of hydrogen-bond acceptors (Lipinski definition) is 5. The fraction of sp³-hybridized carbons (Fsp3) is 0.320. The van der Waals surface area contributed by atoms with Gasteiger partial charge in [-0.15, -0.1) is 0 Å². The van der Waals surface area contributed by atoms with Crippen LogP contribution >= 0.6 is 0 Å². The van der Waals surface area contributed by atoms with Gasteiger partial charge in [-0.1, -0.05) is 48.5 Å². The average Bonchev–Trinajstić information content (AvgIpc) is 2.81. The number of nitrogens with zero attached hydrogens (tertiary/aromatic N) is 3. The van der Waals surface area contributed by atoms with Crippen LogP contribution in [-0.2, 0) is 11.2 Å². The monoisotopic (exact) mass is 414 g/mol. The van der Waals surface area contributed by atoms with E-state index < -0.39 is 0 Å². The number of rotatable bonds is 4. The predicted molar refractivity (Wildman–Crippen MR) is 119 cm³/mol. The lowest BCUT2D eigenvalue weighted by molar-refractivity contribution is -0.121. The SMILES string of the molecule is O=C(Cc1ccccc1)N[C@H]1CC2(CCN(c3ncccn3)CC2)Oc2ccccc21. The summed E-state index contributed by atoms with van der Waals surface area (Å²) in [5, 5.41) is 3.28. The molecule has 3 heterocycles. The molecule has 1 amide bonds. The van der Waals surface area contributed by atoms with Crippen molar-refractivity contribution in [2.45, 2.75) is 37.3 Å². The molecule has 1 atom stereocenters. The highest BCUT2D eigenvalue weighted by Crippen LogP contribution is 2.44. The molecule has 2 aliphatic rings. The van der Waals surface area contributed by atoms with Crippen molar-refractivity contribution in [3.63, 3.8) is 0 Å². The first kappa shape index (κ1) is 19.5. The molecule has 0 radical (unpaired) electrons. The molecule has 5 rings (SSSR count). The summed E-state index contributed by atoms with van der Waals surface area (Å²) in [5.74, 6) is 1.68. The van der Waals surface area contributed by atoms with Crippen LogP contribution in [-0.4, -0.2) is 34.6 Å². The fourth-order valence-electron chi connectivity index (χ4n) is 4.65. The van der Waals surface area contributed by atoms with Gasteiger partial charge in [-0.3, -0.25) is 4.79 Å². The number of nitrogens with one attached hydrogen (secondary N) is 1. The molecule has 1 N–H and O–H groups in total. The Labute approximate surface area is 182 Å². The van der Waals surface area contributed by atoms with Gasteiger partial charge in [-0.25, -0.2) is 9.97 Å². The maximum Gasteiger partial charge on any atom is 0.225 e. The van der Waals surface area contributed by atoms with E-state index in [4.69, 9.17) is 4.74 Å². The number of hydrogen-bond donors (Lipinski definition) is 1. The topological polar surface area (TPSA) is 67.4 Å². The van der Waals surface area contributed by atoms with E-state index in [1.54, 1.807) is 12.4 Å². The fourth-order valence-corrected chi connectivity index (χ4v) is 4.65. The van der Waals surface area contributed by atoms with Crippen LogP contribution in [0.3, 0.4) is 0 Å². The number of benzene rings is 2. The summed E-state index contributed by atoms with van der Waals surface area (Å²) >= 11 is 0. The lowest BCUT2D eigenvalue weighted by Gasteiger charge is -2.47. The zero-order valence-electron chi connectivity index (χ0n) is 17.4. The second-order valence-corrected chi connectivity index (χ2v) is 8.35. The zero-order valence-corrected chi connectivity index (χ0v) is 17.4. The second kappa shape index (κ2) is 8.38. The Morgan fingerprint density at radius 1 is 1.00 bits per heavy atom. The van der Waals surface area contributed by atoms with Gasteiger partial charge in [-0.2, -0.15) is 0 Å². The molecule has 1 aromatic heterocycles. The molecule has 0 bridgehead atoms. The van der Waals surface area contributed by atoms with Crippen LogP contribution in [0.15, 0.2) is 73.1 Å². The Morgan fingerprint density at radius 2 is 1.71 bits per heavy atom. The summed E-state index contributed by atoms with van der Waals surface area (Å²) in [7, 11) is 0. The van der Waals surface area contributed by atoms with Crippen LogP contribution < -0.4 is 15.0 Å². The molecular weight excluding hydrogens is 388 g/mol. The number of amides is 1. The molecule has 2 aromatic carbocycles. The molecular formula is C25H26N4O2. The van der Waals surface area contributed by atoms with E-state index in [9.17, 15) is 4.79 Å². The van der Waals surface area contributed by atoms with Crippen LogP contribution in [0.2, 0.25) is 0 Å². The van der Waals surface area contributed by atoms with E-state index in [2.05, 4.69) is 26.3 Å². The second-order valence-electron chi connectivity index (χ2n) is 8.35. The summed E-state index contributed by atoms with van der Waals surface area (Å²) in [6, 6.07) is 19.7. The molecule has 0 unspecified atom stereocenters. The number of ether oxygens (including phenoxy) is 1. The minimum Gasteiger partial charge on any atom is -0.487 e. The van der Waals surface area contributed by atoms with Crippen LogP contribution in [0, 0.1) is 0 Å². The highest BCUT2D eigenvalue weighted by molar-refractivity contribution is 5.79. The van der Waals surface area contributed by atoms with Crippen molar-refractivity contribution in [2.75, 3.05) is 18.0 Å². The number of piperidine rings is 1. The summed E-state index contributed by atoms with van der Waals surface area (Å²) in [4.78, 5) is 23.8. The minimum absolute atomic E-state index is 0.0400. The van der Waals surface area contributed by atoms with Crippen molar-refractivity contribution in [2.24, 2.45) is 0 Å². The van der Waals surface area contributed by atoms with Crippen molar-refractivity contribution >= 4 is 11.9 Å². The number of aromatic nitrogens is 2. The maximum atomic E-state index is 12.8. The van der Waals surface area contributed by atoms with Gasteiger partial charge >= 0.3 is 0 Å². The van der Waals surface area contributed by atoms with E-state index in [0.29, 0.717) is 6.42 Å². The molecule has 1 saturated heterocycles. The van der Waals surface area contributed by atoms with Gasteiger partial charge in [0.15, 0.2) is 0 Å². The molecule has 158 valence electrons. The normalized spacial score (nSPS) is 19.4. The Balaban J connectivity index is 1.32. The molecule has 0 saturated carbocycles. The molecule has 1 spiro atoms. The molecule has 1 fully saturated rings. The molecule has 3 aromatic rings. The summed E-state index contributed by atoms with van der Waals surface area (Å²) in [6.45, 7) is 1.66. The van der Waals surface area contributed by atoms with E-state index in [1.165, 1.54) is 0 Å². The highest BCUT2D eigenvalue weighted by Gasteiger charge is 2.44. The minimum atomic E-state index is -0.287. The van der Waals surface area contributed by atoms with Crippen molar-refractivity contribution in [3.05, 3.63) is 84.2 Å². The van der Waals surface area contributed by atoms with E-state index in [-0.39, 0.29) is 17.6 Å². The van der Waals surface area contributed by atoms with Gasteiger partial charge in [0, 0.05) is 50.3 Å². The van der Waals surface area contributed by atoms with Gasteiger partial charge in [0.2, 0.25) is 11.9 Å². The zero-order chi connectivity index (χ0) is 21.1. The number of fused-ring (bicyclic) bond motifs is 1. The number of anilines is 1. The Morgan fingerprint density at radius 3 is 2.48 bits per heavy atom. The Bertz CT molecular complexity index is 1030.